The Kier molecular flexibility index (Phi) is 6.71. The number of nitrogens with one attached hydrogen (secondary N) is 1. The Morgan fingerprint density at radius 1 is 0.926 bits per heavy atom. The summed E-state index contributed by atoms with van der Waals surface area (Å²) in [6, 6.07) is 18.6. The SMILES string of the molecule is O=C(CCCCCCn1cc(-c2cccc(-c3ccccc3)c2)nn1)NO. The van der Waals surface area contributed by atoms with Crippen LogP contribution in [0.2, 0.25) is 0 Å². The van der Waals surface area contributed by atoms with Gasteiger partial charge in [0.15, 0.2) is 0 Å². The van der Waals surface area contributed by atoms with Gasteiger partial charge in [-0.25, -0.2) is 5.48 Å². The number of unbranched alkanes of at least 4 members (excludes halogenated alkanes) is 3. The maximum atomic E-state index is 10.9. The van der Waals surface area contributed by atoms with Crippen molar-refractivity contribution in [3.05, 3.63) is 60.8 Å². The van der Waals surface area contributed by atoms with Gasteiger partial charge in [0.1, 0.15) is 5.69 Å². The van der Waals surface area contributed by atoms with Crippen molar-refractivity contribution in [2.24, 2.45) is 0 Å². The first-order valence-electron chi connectivity index (χ1n) is 9.25. The van der Waals surface area contributed by atoms with E-state index >= 15 is 0 Å². The lowest BCUT2D eigenvalue weighted by atomic mass is 10.0. The monoisotopic (exact) mass is 364 g/mol. The second-order valence-corrected chi connectivity index (χ2v) is 6.51. The molecule has 0 aliphatic carbocycles. The fourth-order valence-corrected chi connectivity index (χ4v) is 3.00. The van der Waals surface area contributed by atoms with Crippen LogP contribution in [0.25, 0.3) is 22.4 Å². The predicted octanol–water partition coefficient (Wildman–Crippen LogP) is 4.07. The van der Waals surface area contributed by atoms with Crippen molar-refractivity contribution in [3.63, 3.8) is 0 Å². The van der Waals surface area contributed by atoms with E-state index in [1.807, 2.05) is 41.2 Å². The maximum Gasteiger partial charge on any atom is 0.243 e. The lowest BCUT2D eigenvalue weighted by Gasteiger charge is -2.03. The average molecular weight is 364 g/mol. The van der Waals surface area contributed by atoms with Crippen LogP contribution in [0.3, 0.4) is 0 Å². The average Bonchev–Trinajstić information content (AvgIpc) is 3.20. The number of amides is 1. The van der Waals surface area contributed by atoms with E-state index in [1.165, 1.54) is 5.56 Å². The number of carbonyl (C=O) groups is 1. The first kappa shape index (κ1) is 18.8. The number of hydroxylamine groups is 1. The summed E-state index contributed by atoms with van der Waals surface area (Å²) >= 11 is 0. The number of aromatic nitrogens is 3. The predicted molar refractivity (Wildman–Crippen MR) is 104 cm³/mol. The second kappa shape index (κ2) is 9.64. The fourth-order valence-electron chi connectivity index (χ4n) is 3.00. The molecule has 0 saturated carbocycles. The van der Waals surface area contributed by atoms with Crippen LogP contribution in [0.5, 0.6) is 0 Å². The molecule has 1 heterocycles. The van der Waals surface area contributed by atoms with Gasteiger partial charge < -0.3 is 0 Å². The minimum atomic E-state index is -0.325. The lowest BCUT2D eigenvalue weighted by molar-refractivity contribution is -0.129. The zero-order chi connectivity index (χ0) is 18.9. The van der Waals surface area contributed by atoms with Gasteiger partial charge in [-0.3, -0.25) is 14.7 Å². The third kappa shape index (κ3) is 5.49. The van der Waals surface area contributed by atoms with Gasteiger partial charge >= 0.3 is 0 Å². The minimum Gasteiger partial charge on any atom is -0.289 e. The van der Waals surface area contributed by atoms with Crippen molar-refractivity contribution in [1.82, 2.24) is 20.5 Å². The van der Waals surface area contributed by atoms with Gasteiger partial charge in [-0.05, 0) is 30.0 Å². The Bertz CT molecular complexity index is 861. The summed E-state index contributed by atoms with van der Waals surface area (Å²) < 4.78 is 1.87. The van der Waals surface area contributed by atoms with E-state index in [-0.39, 0.29) is 5.91 Å². The maximum absolute atomic E-state index is 10.9. The summed E-state index contributed by atoms with van der Waals surface area (Å²) in [7, 11) is 0. The van der Waals surface area contributed by atoms with Crippen molar-refractivity contribution in [3.8, 4) is 22.4 Å². The Morgan fingerprint density at radius 2 is 1.67 bits per heavy atom. The molecular formula is C21H24N4O2. The number of rotatable bonds is 9. The van der Waals surface area contributed by atoms with Gasteiger partial charge in [0.25, 0.3) is 0 Å². The molecule has 0 saturated heterocycles. The molecule has 3 rings (SSSR count). The van der Waals surface area contributed by atoms with Crippen molar-refractivity contribution in [2.75, 3.05) is 0 Å². The van der Waals surface area contributed by atoms with Gasteiger partial charge in [-0.2, -0.15) is 0 Å². The third-order valence-corrected chi connectivity index (χ3v) is 4.47. The van der Waals surface area contributed by atoms with Gasteiger partial charge in [0.2, 0.25) is 5.91 Å². The molecule has 2 aromatic carbocycles. The molecule has 0 bridgehead atoms. The van der Waals surface area contributed by atoms with E-state index in [1.54, 1.807) is 5.48 Å². The van der Waals surface area contributed by atoms with Gasteiger partial charge in [0.05, 0.1) is 6.20 Å². The standard InChI is InChI=1S/C21H24N4O2/c26-21(23-27)13-6-1-2-7-14-25-16-20(22-24-25)19-12-8-11-18(15-19)17-9-4-3-5-10-17/h3-5,8-12,15-16,27H,1-2,6-7,13-14H2,(H,23,26). The smallest absolute Gasteiger partial charge is 0.243 e. The Labute approximate surface area is 158 Å². The van der Waals surface area contributed by atoms with E-state index < -0.39 is 0 Å². The molecule has 140 valence electrons. The molecule has 1 aromatic heterocycles. The summed E-state index contributed by atoms with van der Waals surface area (Å²) in [5, 5.41) is 17.0. The molecule has 6 heteroatoms. The Morgan fingerprint density at radius 3 is 2.48 bits per heavy atom. The van der Waals surface area contributed by atoms with E-state index in [0.29, 0.717) is 6.42 Å². The molecule has 2 N–H and O–H groups in total. The summed E-state index contributed by atoms with van der Waals surface area (Å²) in [5.74, 6) is -0.325. The first-order chi connectivity index (χ1) is 13.3. The highest BCUT2D eigenvalue weighted by Crippen LogP contribution is 2.24. The molecule has 0 fully saturated rings. The Hall–Kier alpha value is -2.99. The molecular weight excluding hydrogens is 340 g/mol. The largest absolute Gasteiger partial charge is 0.289 e. The number of nitrogens with zero attached hydrogens (tertiary/aromatic N) is 3. The summed E-state index contributed by atoms with van der Waals surface area (Å²) in [4.78, 5) is 10.9. The fraction of sp³-hybridized carbons (Fsp3) is 0.286. The molecule has 0 radical (unpaired) electrons. The van der Waals surface area contributed by atoms with Crippen LogP contribution >= 0.6 is 0 Å². The lowest BCUT2D eigenvalue weighted by Crippen LogP contribution is -2.17. The summed E-state index contributed by atoms with van der Waals surface area (Å²) in [5.41, 5.74) is 5.92. The quantitative estimate of drug-likeness (QED) is 0.341. The van der Waals surface area contributed by atoms with Crippen LogP contribution in [0.1, 0.15) is 32.1 Å². The highest BCUT2D eigenvalue weighted by molar-refractivity contribution is 5.74. The number of hydrogen-bond acceptors (Lipinski definition) is 4. The van der Waals surface area contributed by atoms with E-state index in [0.717, 1.165) is 49.0 Å². The first-order valence-corrected chi connectivity index (χ1v) is 9.25. The van der Waals surface area contributed by atoms with Crippen molar-refractivity contribution >= 4 is 5.91 Å². The minimum absolute atomic E-state index is 0.325. The van der Waals surface area contributed by atoms with E-state index in [4.69, 9.17) is 5.21 Å². The molecule has 0 spiro atoms. The topological polar surface area (TPSA) is 80.0 Å². The van der Waals surface area contributed by atoms with Crippen molar-refractivity contribution in [2.45, 2.75) is 38.6 Å². The number of carbonyl (C=O) groups excluding carboxylic acids is 1. The van der Waals surface area contributed by atoms with Crippen LogP contribution in [0.4, 0.5) is 0 Å². The normalized spacial score (nSPS) is 10.7. The number of hydrogen-bond donors (Lipinski definition) is 2. The molecule has 27 heavy (non-hydrogen) atoms. The highest BCUT2D eigenvalue weighted by atomic mass is 16.5. The van der Waals surface area contributed by atoms with Gasteiger partial charge in [0, 0.05) is 18.5 Å². The van der Waals surface area contributed by atoms with E-state index in [9.17, 15) is 4.79 Å². The molecule has 0 unspecified atom stereocenters. The molecule has 0 aliphatic heterocycles. The summed E-state index contributed by atoms with van der Waals surface area (Å²) in [6.07, 6.45) is 6.06. The van der Waals surface area contributed by atoms with Crippen LogP contribution in [-0.2, 0) is 11.3 Å². The molecule has 6 nitrogen and oxygen atoms in total. The van der Waals surface area contributed by atoms with Crippen molar-refractivity contribution in [1.29, 1.82) is 0 Å². The van der Waals surface area contributed by atoms with Crippen LogP contribution in [0.15, 0.2) is 60.8 Å². The van der Waals surface area contributed by atoms with Crippen molar-refractivity contribution < 1.29 is 10.0 Å². The zero-order valence-corrected chi connectivity index (χ0v) is 15.2. The molecule has 0 atom stereocenters. The zero-order valence-electron chi connectivity index (χ0n) is 15.2. The number of benzene rings is 2. The second-order valence-electron chi connectivity index (χ2n) is 6.51. The van der Waals surface area contributed by atoms with Crippen LogP contribution in [0, 0.1) is 0 Å². The van der Waals surface area contributed by atoms with E-state index in [2.05, 4.69) is 34.6 Å². The van der Waals surface area contributed by atoms with Crippen LogP contribution < -0.4 is 5.48 Å². The third-order valence-electron chi connectivity index (χ3n) is 4.47. The molecule has 1 amide bonds. The number of aryl methyl sites for hydroxylation is 1. The van der Waals surface area contributed by atoms with Gasteiger partial charge in [-0.1, -0.05) is 66.6 Å². The van der Waals surface area contributed by atoms with Gasteiger partial charge in [-0.15, -0.1) is 5.10 Å². The summed E-state index contributed by atoms with van der Waals surface area (Å²) in [6.45, 7) is 0.803. The molecule has 0 aliphatic rings. The molecule has 3 aromatic rings. The Balaban J connectivity index is 1.53. The highest BCUT2D eigenvalue weighted by Gasteiger charge is 2.06. The van der Waals surface area contributed by atoms with Crippen LogP contribution in [-0.4, -0.2) is 26.1 Å².